The molecule has 2 N–H and O–H groups in total. The zero-order valence-electron chi connectivity index (χ0n) is 16.0. The Labute approximate surface area is 173 Å². The maximum atomic E-state index is 10.2. The van der Waals surface area contributed by atoms with Crippen LogP contribution in [0.2, 0.25) is 10.6 Å². The lowest BCUT2D eigenvalue weighted by atomic mass is 9.93. The van der Waals surface area contributed by atoms with E-state index in [0.29, 0.717) is 74.5 Å². The number of nitrogens with zero attached hydrogens (tertiary/aromatic N) is 6. The van der Waals surface area contributed by atoms with Gasteiger partial charge in [-0.25, -0.2) is 9.97 Å². The molecule has 4 rings (SSSR count). The van der Waals surface area contributed by atoms with Crippen LogP contribution in [0.1, 0.15) is 39.5 Å². The molecule has 0 spiro atoms. The van der Waals surface area contributed by atoms with Crippen LogP contribution in [0.5, 0.6) is 0 Å². The fraction of sp³-hybridized carbons (Fsp3) is 0.667. The van der Waals surface area contributed by atoms with Gasteiger partial charge < -0.3 is 20.0 Å². The summed E-state index contributed by atoms with van der Waals surface area (Å²) >= 11 is 12.5. The predicted molar refractivity (Wildman–Crippen MR) is 109 cm³/mol. The van der Waals surface area contributed by atoms with E-state index in [2.05, 4.69) is 29.7 Å². The molecule has 2 saturated heterocycles. The molecule has 2 aliphatic heterocycles. The van der Waals surface area contributed by atoms with Crippen LogP contribution >= 0.6 is 23.2 Å². The summed E-state index contributed by atoms with van der Waals surface area (Å²) in [5.74, 6) is 1.22. The fourth-order valence-corrected chi connectivity index (χ4v) is 4.10. The second-order valence-corrected chi connectivity index (χ2v) is 8.97. The summed E-state index contributed by atoms with van der Waals surface area (Å²) in [4.78, 5) is 21.7. The molecule has 0 saturated carbocycles. The van der Waals surface area contributed by atoms with E-state index in [4.69, 9.17) is 23.2 Å². The first kappa shape index (κ1) is 19.8. The number of hydrogen-bond donors (Lipinski definition) is 2. The predicted octanol–water partition coefficient (Wildman–Crippen LogP) is 2.43. The minimum absolute atomic E-state index is 0.121. The van der Waals surface area contributed by atoms with Gasteiger partial charge in [-0.15, -0.1) is 0 Å². The van der Waals surface area contributed by atoms with Crippen molar-refractivity contribution >= 4 is 45.9 Å². The van der Waals surface area contributed by atoms with Crippen molar-refractivity contribution < 1.29 is 10.2 Å². The lowest BCUT2D eigenvalue weighted by Gasteiger charge is -2.37. The summed E-state index contributed by atoms with van der Waals surface area (Å²) in [5, 5.41) is 20.7. The Hall–Kier alpha value is -1.48. The first-order valence-electron chi connectivity index (χ1n) is 9.49. The van der Waals surface area contributed by atoms with E-state index >= 15 is 0 Å². The van der Waals surface area contributed by atoms with Gasteiger partial charge in [-0.1, -0.05) is 0 Å². The van der Waals surface area contributed by atoms with E-state index in [-0.39, 0.29) is 10.6 Å². The van der Waals surface area contributed by atoms with Crippen molar-refractivity contribution in [2.75, 3.05) is 36.0 Å². The number of aliphatic hydroxyl groups is 2. The first-order chi connectivity index (χ1) is 13.1. The van der Waals surface area contributed by atoms with E-state index in [1.165, 1.54) is 0 Å². The van der Waals surface area contributed by atoms with Gasteiger partial charge in [-0.05, 0) is 62.7 Å². The van der Waals surface area contributed by atoms with E-state index < -0.39 is 11.2 Å². The Morgan fingerprint density at radius 1 is 0.679 bits per heavy atom. The summed E-state index contributed by atoms with van der Waals surface area (Å²) in [6, 6.07) is 0. The number of rotatable bonds is 2. The van der Waals surface area contributed by atoms with Gasteiger partial charge in [0.15, 0.2) is 11.6 Å². The number of hydrogen-bond acceptors (Lipinski definition) is 8. The van der Waals surface area contributed by atoms with Crippen molar-refractivity contribution in [2.45, 2.75) is 50.7 Å². The van der Waals surface area contributed by atoms with Gasteiger partial charge in [0.05, 0.1) is 11.2 Å². The monoisotopic (exact) mass is 426 g/mol. The minimum atomic E-state index is -0.675. The highest BCUT2D eigenvalue weighted by atomic mass is 35.5. The molecular formula is C18H24Cl2N6O2. The van der Waals surface area contributed by atoms with Crippen molar-refractivity contribution in [1.29, 1.82) is 0 Å². The summed E-state index contributed by atoms with van der Waals surface area (Å²) < 4.78 is 0. The van der Waals surface area contributed by atoms with Crippen LogP contribution in [-0.4, -0.2) is 67.5 Å². The fourth-order valence-electron chi connectivity index (χ4n) is 3.77. The van der Waals surface area contributed by atoms with Crippen molar-refractivity contribution in [2.24, 2.45) is 0 Å². The van der Waals surface area contributed by atoms with Crippen LogP contribution in [-0.2, 0) is 0 Å². The molecule has 8 nitrogen and oxygen atoms in total. The Morgan fingerprint density at radius 3 is 1.32 bits per heavy atom. The topological polar surface area (TPSA) is 98.5 Å². The zero-order valence-corrected chi connectivity index (χ0v) is 17.5. The number of aromatic nitrogens is 4. The molecule has 4 heterocycles. The third-order valence-corrected chi connectivity index (χ3v) is 6.07. The third kappa shape index (κ3) is 3.96. The van der Waals surface area contributed by atoms with Crippen LogP contribution in [0.15, 0.2) is 0 Å². The summed E-state index contributed by atoms with van der Waals surface area (Å²) in [6.45, 7) is 6.24. The van der Waals surface area contributed by atoms with Gasteiger partial charge in [0, 0.05) is 26.2 Å². The highest BCUT2D eigenvalue weighted by Gasteiger charge is 2.32. The molecule has 28 heavy (non-hydrogen) atoms. The van der Waals surface area contributed by atoms with Crippen molar-refractivity contribution in [3.63, 3.8) is 0 Å². The molecular weight excluding hydrogens is 403 g/mol. The maximum Gasteiger partial charge on any atom is 0.225 e. The molecule has 0 amide bonds. The number of fused-ring (bicyclic) bond motifs is 1. The largest absolute Gasteiger partial charge is 0.390 e. The smallest absolute Gasteiger partial charge is 0.225 e. The Balaban J connectivity index is 1.76. The first-order valence-corrected chi connectivity index (χ1v) is 10.2. The van der Waals surface area contributed by atoms with Gasteiger partial charge in [-0.3, -0.25) is 0 Å². The highest BCUT2D eigenvalue weighted by Crippen LogP contribution is 2.35. The molecule has 0 atom stereocenters. The molecule has 0 aromatic carbocycles. The number of piperidine rings is 2. The van der Waals surface area contributed by atoms with Crippen molar-refractivity contribution in [3.05, 3.63) is 10.6 Å². The molecule has 2 aromatic heterocycles. The molecule has 2 aliphatic rings. The third-order valence-electron chi connectivity index (χ3n) is 5.73. The van der Waals surface area contributed by atoms with Crippen LogP contribution in [0.3, 0.4) is 0 Å². The normalized spacial score (nSPS) is 21.9. The highest BCUT2D eigenvalue weighted by molar-refractivity contribution is 6.30. The molecule has 0 unspecified atom stereocenters. The average Bonchev–Trinajstić information content (AvgIpc) is 2.61. The van der Waals surface area contributed by atoms with E-state index in [1.807, 2.05) is 13.8 Å². The van der Waals surface area contributed by atoms with Crippen LogP contribution in [0.4, 0.5) is 11.6 Å². The summed E-state index contributed by atoms with van der Waals surface area (Å²) in [6.07, 6.45) is 2.51. The molecule has 0 bridgehead atoms. The standard InChI is InChI=1S/C18H24Cl2N6O2/c1-17(27)3-7-25(8-4-17)13-11-12(22-15(19)23-13)14(24-16(20)21-11)26-9-5-18(2,28)6-10-26/h27-28H,3-10H2,1-2H3. The second-order valence-electron chi connectivity index (χ2n) is 8.30. The van der Waals surface area contributed by atoms with Crippen molar-refractivity contribution in [1.82, 2.24) is 19.9 Å². The molecule has 152 valence electrons. The SMILES string of the molecule is CC1(O)CCN(c2nc(Cl)nc3c(N4CCC(C)(O)CC4)nc(Cl)nc23)CC1. The molecule has 2 aromatic rings. The second kappa shape index (κ2) is 7.09. The van der Waals surface area contributed by atoms with Crippen LogP contribution < -0.4 is 9.80 Å². The van der Waals surface area contributed by atoms with Crippen molar-refractivity contribution in [3.8, 4) is 0 Å². The Kier molecular flexibility index (Phi) is 5.02. The minimum Gasteiger partial charge on any atom is -0.390 e. The molecule has 2 fully saturated rings. The number of halogens is 2. The number of anilines is 2. The van der Waals surface area contributed by atoms with Gasteiger partial charge in [0.25, 0.3) is 0 Å². The zero-order chi connectivity index (χ0) is 20.1. The lowest BCUT2D eigenvalue weighted by Crippen LogP contribution is -2.43. The van der Waals surface area contributed by atoms with E-state index in [9.17, 15) is 10.2 Å². The van der Waals surface area contributed by atoms with Gasteiger partial charge in [-0.2, -0.15) is 9.97 Å². The molecule has 0 radical (unpaired) electrons. The molecule has 10 heteroatoms. The van der Waals surface area contributed by atoms with Gasteiger partial charge in [0.1, 0.15) is 11.0 Å². The van der Waals surface area contributed by atoms with Gasteiger partial charge >= 0.3 is 0 Å². The lowest BCUT2D eigenvalue weighted by molar-refractivity contribution is 0.0345. The van der Waals surface area contributed by atoms with E-state index in [1.54, 1.807) is 0 Å². The average molecular weight is 427 g/mol. The van der Waals surface area contributed by atoms with Gasteiger partial charge in [0.2, 0.25) is 10.6 Å². The summed E-state index contributed by atoms with van der Waals surface area (Å²) in [7, 11) is 0. The van der Waals surface area contributed by atoms with E-state index in [0.717, 1.165) is 0 Å². The van der Waals surface area contributed by atoms with Crippen LogP contribution in [0.25, 0.3) is 11.0 Å². The summed E-state index contributed by atoms with van der Waals surface area (Å²) in [5.41, 5.74) is -0.242. The molecule has 0 aliphatic carbocycles. The van der Waals surface area contributed by atoms with Crippen LogP contribution in [0, 0.1) is 0 Å². The Bertz CT molecular complexity index is 814. The quantitative estimate of drug-likeness (QED) is 0.706. The maximum absolute atomic E-state index is 10.2. The Morgan fingerprint density at radius 2 is 1.00 bits per heavy atom.